The summed E-state index contributed by atoms with van der Waals surface area (Å²) in [5.41, 5.74) is 3.30. The first-order valence-corrected chi connectivity index (χ1v) is 12.4. The molecular weight excluding hydrogens is 502 g/mol. The average Bonchev–Trinajstić information content (AvgIpc) is 3.25. The lowest BCUT2D eigenvalue weighted by atomic mass is 9.94. The van der Waals surface area contributed by atoms with Gasteiger partial charge in [0.2, 0.25) is 0 Å². The summed E-state index contributed by atoms with van der Waals surface area (Å²) in [5.74, 6) is -0.843. The van der Waals surface area contributed by atoms with E-state index in [9.17, 15) is 14.4 Å². The number of hydrogen-bond acceptors (Lipinski definition) is 9. The zero-order chi connectivity index (χ0) is 26.4. The second-order valence-corrected chi connectivity index (χ2v) is 9.46. The third-order valence-corrected chi connectivity index (χ3v) is 6.54. The van der Waals surface area contributed by atoms with Gasteiger partial charge in [-0.25, -0.2) is 4.79 Å². The van der Waals surface area contributed by atoms with E-state index in [0.29, 0.717) is 42.9 Å². The van der Waals surface area contributed by atoms with Gasteiger partial charge in [0.1, 0.15) is 17.9 Å². The van der Waals surface area contributed by atoms with Gasteiger partial charge in [-0.3, -0.25) is 14.5 Å². The van der Waals surface area contributed by atoms with Crippen LogP contribution >= 0.6 is 12.4 Å². The highest BCUT2D eigenvalue weighted by atomic mass is 35.5. The number of carbonyl (C=O) groups is 3. The van der Waals surface area contributed by atoms with Crippen LogP contribution in [0.2, 0.25) is 0 Å². The third kappa shape index (κ3) is 7.46. The largest absolute Gasteiger partial charge is 0.496 e. The van der Waals surface area contributed by atoms with Crippen molar-refractivity contribution in [3.63, 3.8) is 0 Å². The Bertz CT molecular complexity index is 1030. The van der Waals surface area contributed by atoms with E-state index in [0.717, 1.165) is 24.2 Å². The molecule has 3 rings (SSSR count). The van der Waals surface area contributed by atoms with Gasteiger partial charge in [-0.1, -0.05) is 25.5 Å². The van der Waals surface area contributed by atoms with Gasteiger partial charge < -0.3 is 23.7 Å². The number of hydrogen-bond donors (Lipinski definition) is 0. The van der Waals surface area contributed by atoms with E-state index in [1.807, 2.05) is 26.8 Å². The van der Waals surface area contributed by atoms with Crippen LogP contribution in [-0.2, 0) is 36.8 Å². The minimum absolute atomic E-state index is 0. The van der Waals surface area contributed by atoms with Crippen molar-refractivity contribution in [2.75, 3.05) is 33.4 Å². The number of benzene rings is 1. The van der Waals surface area contributed by atoms with Crippen molar-refractivity contribution in [3.05, 3.63) is 33.9 Å². The number of nitrogens with zero attached hydrogens (tertiary/aromatic N) is 1. The van der Waals surface area contributed by atoms with E-state index in [4.69, 9.17) is 23.7 Å². The molecule has 0 spiro atoms. The Morgan fingerprint density at radius 3 is 2.41 bits per heavy atom. The van der Waals surface area contributed by atoms with Crippen LogP contribution in [0.25, 0.3) is 0 Å². The monoisotopic (exact) mass is 539 g/mol. The molecule has 1 fully saturated rings. The SMILES string of the molecule is COc1c(C)c2c(c(OC(=O)C(C)C)c1C/C=C(\C)CCC(=O)OC(C)N1CCOCC1)C(=O)OC2.Cl. The molecule has 0 aromatic heterocycles. The summed E-state index contributed by atoms with van der Waals surface area (Å²) in [4.78, 5) is 39.5. The fourth-order valence-electron chi connectivity index (χ4n) is 4.28. The molecule has 1 atom stereocenters. The third-order valence-electron chi connectivity index (χ3n) is 6.54. The Balaban J connectivity index is 0.00000481. The lowest BCUT2D eigenvalue weighted by Crippen LogP contribution is -2.44. The lowest BCUT2D eigenvalue weighted by molar-refractivity contribution is -0.161. The standard InChI is InChI=1S/C27H37NO8.ClH/c1-16(2)26(30)36-25-20(24(32-6)18(4)21-15-34-27(31)23(21)25)9-7-17(3)8-10-22(29)35-19(5)28-11-13-33-14-12-28;/h7,16,19H,8-15H2,1-6H3;1H/b17-7+;. The molecule has 0 N–H and O–H groups in total. The minimum Gasteiger partial charge on any atom is -0.496 e. The summed E-state index contributed by atoms with van der Waals surface area (Å²) >= 11 is 0. The highest BCUT2D eigenvalue weighted by Crippen LogP contribution is 2.43. The van der Waals surface area contributed by atoms with Crippen molar-refractivity contribution in [1.82, 2.24) is 4.90 Å². The van der Waals surface area contributed by atoms with Crippen molar-refractivity contribution in [3.8, 4) is 11.5 Å². The van der Waals surface area contributed by atoms with E-state index in [1.165, 1.54) is 0 Å². The van der Waals surface area contributed by atoms with Gasteiger partial charge in [0, 0.05) is 30.6 Å². The van der Waals surface area contributed by atoms with Gasteiger partial charge in [-0.05, 0) is 39.2 Å². The Morgan fingerprint density at radius 1 is 1.11 bits per heavy atom. The van der Waals surface area contributed by atoms with Crippen LogP contribution in [0.5, 0.6) is 11.5 Å². The molecule has 1 aromatic rings. The summed E-state index contributed by atoms with van der Waals surface area (Å²) in [7, 11) is 1.55. The predicted octanol–water partition coefficient (Wildman–Crippen LogP) is 4.15. The van der Waals surface area contributed by atoms with Gasteiger partial charge in [-0.15, -0.1) is 12.4 Å². The number of allylic oxidation sites excluding steroid dienone is 2. The number of ether oxygens (including phenoxy) is 5. The molecule has 0 aliphatic carbocycles. The smallest absolute Gasteiger partial charge is 0.342 e. The normalized spacial score (nSPS) is 16.5. The molecular formula is C27H38ClNO8. The maximum Gasteiger partial charge on any atom is 0.342 e. The number of carbonyl (C=O) groups excluding carboxylic acids is 3. The predicted molar refractivity (Wildman–Crippen MR) is 139 cm³/mol. The highest BCUT2D eigenvalue weighted by molar-refractivity contribution is 5.99. The molecule has 0 amide bonds. The highest BCUT2D eigenvalue weighted by Gasteiger charge is 2.34. The van der Waals surface area contributed by atoms with Crippen LogP contribution in [0.15, 0.2) is 11.6 Å². The summed E-state index contributed by atoms with van der Waals surface area (Å²) in [6.45, 7) is 12.0. The second-order valence-electron chi connectivity index (χ2n) is 9.46. The van der Waals surface area contributed by atoms with E-state index in [2.05, 4.69) is 4.90 Å². The minimum atomic E-state index is -0.513. The number of cyclic esters (lactones) is 1. The van der Waals surface area contributed by atoms with Gasteiger partial charge in [0.15, 0.2) is 12.0 Å². The van der Waals surface area contributed by atoms with Crippen LogP contribution in [0, 0.1) is 12.8 Å². The maximum atomic E-state index is 12.5. The van der Waals surface area contributed by atoms with Crippen molar-refractivity contribution in [1.29, 1.82) is 0 Å². The Labute approximate surface area is 224 Å². The summed E-state index contributed by atoms with van der Waals surface area (Å²) in [6.07, 6.45) is 2.79. The molecule has 0 saturated carbocycles. The number of methoxy groups -OCH3 is 1. The van der Waals surface area contributed by atoms with E-state index >= 15 is 0 Å². The molecule has 10 heteroatoms. The quantitative estimate of drug-likeness (QED) is 0.246. The van der Waals surface area contributed by atoms with Crippen molar-refractivity contribution in [2.45, 2.75) is 66.7 Å². The average molecular weight is 540 g/mol. The van der Waals surface area contributed by atoms with Crippen LogP contribution in [-0.4, -0.2) is 62.4 Å². The molecule has 1 unspecified atom stereocenters. The van der Waals surface area contributed by atoms with Crippen LogP contribution in [0.3, 0.4) is 0 Å². The van der Waals surface area contributed by atoms with Gasteiger partial charge in [0.05, 0.1) is 26.2 Å². The Kier molecular flexibility index (Phi) is 11.4. The van der Waals surface area contributed by atoms with E-state index in [-0.39, 0.29) is 54.9 Å². The molecule has 9 nitrogen and oxygen atoms in total. The van der Waals surface area contributed by atoms with Gasteiger partial charge in [0.25, 0.3) is 0 Å². The molecule has 0 bridgehead atoms. The molecule has 2 aliphatic rings. The number of rotatable bonds is 10. The fraction of sp³-hybridized carbons (Fsp3) is 0.593. The Morgan fingerprint density at radius 2 is 1.78 bits per heavy atom. The van der Waals surface area contributed by atoms with E-state index < -0.39 is 11.9 Å². The summed E-state index contributed by atoms with van der Waals surface area (Å²) in [6, 6.07) is 0. The van der Waals surface area contributed by atoms with Crippen molar-refractivity contribution < 1.29 is 38.1 Å². The first kappa shape index (κ1) is 30.6. The zero-order valence-corrected chi connectivity index (χ0v) is 23.3. The van der Waals surface area contributed by atoms with Crippen LogP contribution < -0.4 is 9.47 Å². The molecule has 0 radical (unpaired) electrons. The number of fused-ring (bicyclic) bond motifs is 1. The second kappa shape index (κ2) is 13.8. The molecule has 2 aliphatic heterocycles. The maximum absolute atomic E-state index is 12.5. The Hall–Kier alpha value is -2.62. The van der Waals surface area contributed by atoms with Crippen molar-refractivity contribution >= 4 is 30.3 Å². The van der Waals surface area contributed by atoms with Crippen LogP contribution in [0.1, 0.15) is 67.6 Å². The first-order chi connectivity index (χ1) is 17.1. The summed E-state index contributed by atoms with van der Waals surface area (Å²) in [5, 5.41) is 0. The fourth-order valence-corrected chi connectivity index (χ4v) is 4.28. The number of esters is 3. The first-order valence-electron chi connectivity index (χ1n) is 12.4. The molecule has 1 saturated heterocycles. The van der Waals surface area contributed by atoms with Crippen molar-refractivity contribution in [2.24, 2.45) is 5.92 Å². The topological polar surface area (TPSA) is 101 Å². The number of halogens is 1. The molecule has 1 aromatic carbocycles. The van der Waals surface area contributed by atoms with E-state index in [1.54, 1.807) is 21.0 Å². The van der Waals surface area contributed by atoms with Gasteiger partial charge in [-0.2, -0.15) is 0 Å². The molecule has 2 heterocycles. The van der Waals surface area contributed by atoms with Crippen LogP contribution in [0.4, 0.5) is 0 Å². The zero-order valence-electron chi connectivity index (χ0n) is 22.5. The lowest BCUT2D eigenvalue weighted by Gasteiger charge is -2.31. The van der Waals surface area contributed by atoms with Gasteiger partial charge >= 0.3 is 17.9 Å². The number of morpholine rings is 1. The summed E-state index contributed by atoms with van der Waals surface area (Å²) < 4.78 is 27.6. The molecule has 37 heavy (non-hydrogen) atoms. The molecule has 206 valence electrons.